The molecule has 2 atom stereocenters. The number of nitrogens with zero attached hydrogens (tertiary/aromatic N) is 2. The standard InChI is InChI=1S/C13H27N3O2/c1-13(14,12(17)18)7-4-5-8-16-9-6-11(10-16)15(2)3/h11H,4-10,14H2,1-3H3,(H,17,18). The van der Waals surface area contributed by atoms with E-state index in [-0.39, 0.29) is 0 Å². The van der Waals surface area contributed by atoms with Crippen molar-refractivity contribution in [2.75, 3.05) is 33.7 Å². The number of hydrogen-bond acceptors (Lipinski definition) is 4. The monoisotopic (exact) mass is 257 g/mol. The van der Waals surface area contributed by atoms with Gasteiger partial charge in [-0.1, -0.05) is 0 Å². The van der Waals surface area contributed by atoms with Gasteiger partial charge >= 0.3 is 5.97 Å². The second kappa shape index (κ2) is 6.50. The predicted molar refractivity (Wildman–Crippen MR) is 72.6 cm³/mol. The Hall–Kier alpha value is -0.650. The van der Waals surface area contributed by atoms with Crippen LogP contribution in [0.3, 0.4) is 0 Å². The van der Waals surface area contributed by atoms with Gasteiger partial charge in [0.15, 0.2) is 0 Å². The number of aliphatic carboxylic acids is 1. The fourth-order valence-corrected chi connectivity index (χ4v) is 2.37. The zero-order chi connectivity index (χ0) is 13.8. The average Bonchev–Trinajstić information content (AvgIpc) is 2.73. The molecule has 0 aromatic carbocycles. The fraction of sp³-hybridized carbons (Fsp3) is 0.923. The Morgan fingerprint density at radius 2 is 2.17 bits per heavy atom. The van der Waals surface area contributed by atoms with Gasteiger partial charge in [0.1, 0.15) is 5.54 Å². The molecular formula is C13H27N3O2. The highest BCUT2D eigenvalue weighted by Gasteiger charge is 2.27. The Morgan fingerprint density at radius 1 is 1.50 bits per heavy atom. The van der Waals surface area contributed by atoms with Crippen molar-refractivity contribution in [3.63, 3.8) is 0 Å². The smallest absolute Gasteiger partial charge is 0.323 e. The van der Waals surface area contributed by atoms with E-state index in [1.54, 1.807) is 6.92 Å². The summed E-state index contributed by atoms with van der Waals surface area (Å²) in [6, 6.07) is 0.670. The second-order valence-electron chi connectivity index (χ2n) is 5.89. The number of carboxylic acids is 1. The van der Waals surface area contributed by atoms with Crippen LogP contribution in [-0.4, -0.2) is 66.2 Å². The third kappa shape index (κ3) is 4.55. The Balaban J connectivity index is 2.14. The Kier molecular flexibility index (Phi) is 5.56. The first-order valence-corrected chi connectivity index (χ1v) is 6.74. The number of carbonyl (C=O) groups is 1. The van der Waals surface area contributed by atoms with Crippen LogP contribution in [0.5, 0.6) is 0 Å². The molecule has 0 saturated carbocycles. The third-order valence-electron chi connectivity index (χ3n) is 3.89. The molecule has 1 heterocycles. The number of rotatable bonds is 7. The van der Waals surface area contributed by atoms with E-state index < -0.39 is 11.5 Å². The lowest BCUT2D eigenvalue weighted by molar-refractivity contribution is -0.142. The highest BCUT2D eigenvalue weighted by atomic mass is 16.4. The molecule has 106 valence electrons. The van der Waals surface area contributed by atoms with Crippen molar-refractivity contribution in [1.82, 2.24) is 9.80 Å². The number of carboxylic acid groups (broad SMARTS) is 1. The third-order valence-corrected chi connectivity index (χ3v) is 3.89. The molecule has 0 bridgehead atoms. The summed E-state index contributed by atoms with van der Waals surface area (Å²) in [5.41, 5.74) is 4.62. The highest BCUT2D eigenvalue weighted by molar-refractivity contribution is 5.77. The number of likely N-dealkylation sites (N-methyl/N-ethyl adjacent to an activating group) is 1. The predicted octanol–water partition coefficient (Wildman–Crippen LogP) is 0.595. The molecule has 5 nitrogen and oxygen atoms in total. The maximum absolute atomic E-state index is 10.8. The largest absolute Gasteiger partial charge is 0.480 e. The summed E-state index contributed by atoms with van der Waals surface area (Å²) in [4.78, 5) is 15.6. The van der Waals surface area contributed by atoms with Crippen molar-refractivity contribution < 1.29 is 9.90 Å². The van der Waals surface area contributed by atoms with E-state index in [2.05, 4.69) is 23.9 Å². The summed E-state index contributed by atoms with van der Waals surface area (Å²) in [6.45, 7) is 4.93. The summed E-state index contributed by atoms with van der Waals surface area (Å²) in [5.74, 6) is -0.906. The molecule has 0 spiro atoms. The molecule has 1 aliphatic rings. The van der Waals surface area contributed by atoms with E-state index in [4.69, 9.17) is 10.8 Å². The summed E-state index contributed by atoms with van der Waals surface area (Å²) in [6.07, 6.45) is 3.69. The van der Waals surface area contributed by atoms with Crippen LogP contribution in [0.15, 0.2) is 0 Å². The molecule has 0 aromatic rings. The van der Waals surface area contributed by atoms with E-state index in [9.17, 15) is 4.79 Å². The molecule has 1 rings (SSSR count). The Labute approximate surface area is 110 Å². The van der Waals surface area contributed by atoms with Crippen LogP contribution in [-0.2, 0) is 4.79 Å². The van der Waals surface area contributed by atoms with Crippen molar-refractivity contribution in [3.05, 3.63) is 0 Å². The first-order chi connectivity index (χ1) is 8.33. The molecule has 0 amide bonds. The van der Waals surface area contributed by atoms with E-state index in [1.165, 1.54) is 6.42 Å². The molecule has 18 heavy (non-hydrogen) atoms. The number of hydrogen-bond donors (Lipinski definition) is 2. The zero-order valence-electron chi connectivity index (χ0n) is 11.9. The van der Waals surface area contributed by atoms with Crippen molar-refractivity contribution in [1.29, 1.82) is 0 Å². The molecule has 3 N–H and O–H groups in total. The maximum atomic E-state index is 10.8. The minimum Gasteiger partial charge on any atom is -0.480 e. The quantitative estimate of drug-likeness (QED) is 0.653. The molecule has 1 fully saturated rings. The van der Waals surface area contributed by atoms with Crippen molar-refractivity contribution in [2.45, 2.75) is 44.2 Å². The van der Waals surface area contributed by atoms with Crippen LogP contribution in [0.25, 0.3) is 0 Å². The van der Waals surface area contributed by atoms with Gasteiger partial charge in [0.25, 0.3) is 0 Å². The van der Waals surface area contributed by atoms with E-state index in [0.29, 0.717) is 12.5 Å². The van der Waals surface area contributed by atoms with Crippen molar-refractivity contribution >= 4 is 5.97 Å². The topological polar surface area (TPSA) is 69.8 Å². The summed E-state index contributed by atoms with van der Waals surface area (Å²) >= 11 is 0. The molecule has 2 unspecified atom stereocenters. The summed E-state index contributed by atoms with van der Waals surface area (Å²) in [5, 5.41) is 8.91. The number of nitrogens with two attached hydrogens (primary N) is 1. The summed E-state index contributed by atoms with van der Waals surface area (Å²) < 4.78 is 0. The SMILES string of the molecule is CN(C)C1CCN(CCCCC(C)(N)C(=O)O)C1. The average molecular weight is 257 g/mol. The molecule has 0 radical (unpaired) electrons. The van der Waals surface area contributed by atoms with E-state index in [0.717, 1.165) is 32.5 Å². The minimum atomic E-state index is -1.07. The lowest BCUT2D eigenvalue weighted by Crippen LogP contribution is -2.44. The molecule has 0 aromatic heterocycles. The number of likely N-dealkylation sites (tertiary alicyclic amines) is 1. The van der Waals surface area contributed by atoms with Crippen LogP contribution < -0.4 is 5.73 Å². The molecule has 1 aliphatic heterocycles. The molecule has 1 saturated heterocycles. The van der Waals surface area contributed by atoms with Crippen LogP contribution in [0, 0.1) is 0 Å². The van der Waals surface area contributed by atoms with Gasteiger partial charge in [0.05, 0.1) is 0 Å². The minimum absolute atomic E-state index is 0.549. The first-order valence-electron chi connectivity index (χ1n) is 6.74. The van der Waals surface area contributed by atoms with Gasteiger partial charge in [0.2, 0.25) is 0 Å². The molecule has 5 heteroatoms. The van der Waals surface area contributed by atoms with Gasteiger partial charge in [-0.15, -0.1) is 0 Å². The number of unbranched alkanes of at least 4 members (excludes halogenated alkanes) is 1. The lowest BCUT2D eigenvalue weighted by Gasteiger charge is -2.21. The van der Waals surface area contributed by atoms with Crippen LogP contribution in [0.4, 0.5) is 0 Å². The van der Waals surface area contributed by atoms with Gasteiger partial charge < -0.3 is 20.6 Å². The van der Waals surface area contributed by atoms with Crippen LogP contribution in [0.2, 0.25) is 0 Å². The van der Waals surface area contributed by atoms with Gasteiger partial charge in [-0.3, -0.25) is 4.79 Å². The zero-order valence-corrected chi connectivity index (χ0v) is 11.9. The Morgan fingerprint density at radius 3 is 2.67 bits per heavy atom. The highest BCUT2D eigenvalue weighted by Crippen LogP contribution is 2.15. The van der Waals surface area contributed by atoms with Gasteiger partial charge in [-0.2, -0.15) is 0 Å². The Bertz CT molecular complexity index is 279. The van der Waals surface area contributed by atoms with Crippen molar-refractivity contribution in [3.8, 4) is 0 Å². The fourth-order valence-electron chi connectivity index (χ4n) is 2.37. The summed E-state index contributed by atoms with van der Waals surface area (Å²) in [7, 11) is 4.25. The van der Waals surface area contributed by atoms with Crippen LogP contribution >= 0.6 is 0 Å². The van der Waals surface area contributed by atoms with E-state index in [1.807, 2.05) is 0 Å². The molecular weight excluding hydrogens is 230 g/mol. The van der Waals surface area contributed by atoms with Crippen LogP contribution in [0.1, 0.15) is 32.6 Å². The lowest BCUT2D eigenvalue weighted by atomic mass is 9.96. The normalized spacial score (nSPS) is 24.4. The van der Waals surface area contributed by atoms with Gasteiger partial charge in [-0.25, -0.2) is 0 Å². The van der Waals surface area contributed by atoms with E-state index >= 15 is 0 Å². The molecule has 0 aliphatic carbocycles. The maximum Gasteiger partial charge on any atom is 0.323 e. The van der Waals surface area contributed by atoms with Crippen molar-refractivity contribution in [2.24, 2.45) is 5.73 Å². The first kappa shape index (κ1) is 15.4. The van der Waals surface area contributed by atoms with Gasteiger partial charge in [0, 0.05) is 12.6 Å². The van der Waals surface area contributed by atoms with Gasteiger partial charge in [-0.05, 0) is 59.8 Å². The second-order valence-corrected chi connectivity index (χ2v) is 5.89.